The van der Waals surface area contributed by atoms with Crippen molar-refractivity contribution in [2.45, 2.75) is 39.8 Å². The van der Waals surface area contributed by atoms with Gasteiger partial charge in [-0.2, -0.15) is 0 Å². The van der Waals surface area contributed by atoms with Gasteiger partial charge in [-0.15, -0.1) is 6.58 Å². The van der Waals surface area contributed by atoms with E-state index in [9.17, 15) is 14.0 Å². The number of esters is 1. The van der Waals surface area contributed by atoms with Crippen molar-refractivity contribution in [1.82, 2.24) is 4.57 Å². The summed E-state index contributed by atoms with van der Waals surface area (Å²) in [5, 5.41) is 0. The number of benzene rings is 3. The van der Waals surface area contributed by atoms with E-state index in [0.29, 0.717) is 38.3 Å². The van der Waals surface area contributed by atoms with Crippen LogP contribution in [0, 0.1) is 12.7 Å². The Kier molecular flexibility index (Phi) is 8.64. The lowest BCUT2D eigenvalue weighted by Gasteiger charge is -2.24. The predicted octanol–water partition coefficient (Wildman–Crippen LogP) is 5.55. The maximum Gasteiger partial charge on any atom is 0.338 e. The first-order valence-corrected chi connectivity index (χ1v) is 14.5. The number of carbonyl (C=O) groups excluding carboxylic acids is 1. The molecule has 0 aliphatic carbocycles. The molecule has 0 saturated carbocycles. The number of halogens is 1. The molecule has 1 aliphatic rings. The maximum atomic E-state index is 14.1. The van der Waals surface area contributed by atoms with Crippen molar-refractivity contribution >= 4 is 23.4 Å². The summed E-state index contributed by atoms with van der Waals surface area (Å²) < 4.78 is 27.5. The van der Waals surface area contributed by atoms with Gasteiger partial charge in [-0.1, -0.05) is 71.5 Å². The van der Waals surface area contributed by atoms with Crippen LogP contribution in [0.2, 0.25) is 0 Å². The van der Waals surface area contributed by atoms with Crippen molar-refractivity contribution < 1.29 is 18.7 Å². The molecule has 214 valence electrons. The maximum absolute atomic E-state index is 14.1. The van der Waals surface area contributed by atoms with Crippen LogP contribution in [0.25, 0.3) is 6.08 Å². The average molecular weight is 583 g/mol. The van der Waals surface area contributed by atoms with Gasteiger partial charge in [0.05, 0.1) is 28.5 Å². The van der Waals surface area contributed by atoms with Gasteiger partial charge >= 0.3 is 5.97 Å². The molecule has 0 spiro atoms. The van der Waals surface area contributed by atoms with Crippen LogP contribution < -0.4 is 19.6 Å². The van der Waals surface area contributed by atoms with Crippen LogP contribution in [-0.4, -0.2) is 17.1 Å². The van der Waals surface area contributed by atoms with Gasteiger partial charge in [-0.05, 0) is 68.2 Å². The van der Waals surface area contributed by atoms with Gasteiger partial charge in [0.1, 0.15) is 18.2 Å². The van der Waals surface area contributed by atoms with Gasteiger partial charge in [-0.3, -0.25) is 9.36 Å². The van der Waals surface area contributed by atoms with Gasteiger partial charge in [0.15, 0.2) is 4.80 Å². The second-order valence-corrected chi connectivity index (χ2v) is 11.0. The summed E-state index contributed by atoms with van der Waals surface area (Å²) >= 11 is 1.27. The fraction of sp³-hybridized carbons (Fsp3) is 0.206. The molecule has 5 rings (SSSR count). The Morgan fingerprint density at radius 2 is 1.86 bits per heavy atom. The van der Waals surface area contributed by atoms with Crippen molar-refractivity contribution in [1.29, 1.82) is 0 Å². The SMILES string of the molecule is C=CCc1cc(/C=c2/sc3n(c2=O)[C@@H](c2ccc(C)cc2)C(C(=O)OCC)=C(C)N=3)ccc1OCc1ccccc1F. The van der Waals surface area contributed by atoms with E-state index in [-0.39, 0.29) is 24.6 Å². The number of hydrogen-bond donors (Lipinski definition) is 0. The number of hydrogen-bond acceptors (Lipinski definition) is 6. The third-order valence-corrected chi connectivity index (χ3v) is 7.98. The molecule has 1 aliphatic heterocycles. The van der Waals surface area contributed by atoms with E-state index in [1.54, 1.807) is 42.7 Å². The molecule has 8 heteroatoms. The van der Waals surface area contributed by atoms with Crippen LogP contribution >= 0.6 is 11.3 Å². The second-order valence-electron chi connectivity index (χ2n) is 9.95. The molecule has 2 heterocycles. The summed E-state index contributed by atoms with van der Waals surface area (Å²) in [6.45, 7) is 9.67. The molecule has 0 unspecified atom stereocenters. The molecule has 0 bridgehead atoms. The topological polar surface area (TPSA) is 69.9 Å². The quantitative estimate of drug-likeness (QED) is 0.192. The van der Waals surface area contributed by atoms with Crippen molar-refractivity contribution in [3.05, 3.63) is 144 Å². The van der Waals surface area contributed by atoms with Gasteiger partial charge in [0, 0.05) is 5.56 Å². The van der Waals surface area contributed by atoms with E-state index in [1.807, 2.05) is 55.5 Å². The summed E-state index contributed by atoms with van der Waals surface area (Å²) in [4.78, 5) is 32.1. The second kappa shape index (κ2) is 12.5. The fourth-order valence-electron chi connectivity index (χ4n) is 4.92. The Morgan fingerprint density at radius 3 is 2.57 bits per heavy atom. The molecule has 6 nitrogen and oxygen atoms in total. The van der Waals surface area contributed by atoms with Crippen LogP contribution in [0.3, 0.4) is 0 Å². The summed E-state index contributed by atoms with van der Waals surface area (Å²) in [5.74, 6) is -0.190. The number of fused-ring (bicyclic) bond motifs is 1. The molecule has 0 fully saturated rings. The zero-order chi connectivity index (χ0) is 29.8. The Morgan fingerprint density at radius 1 is 1.10 bits per heavy atom. The highest BCUT2D eigenvalue weighted by atomic mass is 32.1. The normalized spacial score (nSPS) is 14.8. The predicted molar refractivity (Wildman–Crippen MR) is 163 cm³/mol. The summed E-state index contributed by atoms with van der Waals surface area (Å²) in [6.07, 6.45) is 4.11. The smallest absolute Gasteiger partial charge is 0.338 e. The van der Waals surface area contributed by atoms with Gasteiger partial charge in [-0.25, -0.2) is 14.2 Å². The van der Waals surface area contributed by atoms with Crippen molar-refractivity contribution in [3.63, 3.8) is 0 Å². The molecule has 0 saturated heterocycles. The molecule has 0 amide bonds. The molecular formula is C34H31FN2O4S. The largest absolute Gasteiger partial charge is 0.489 e. The summed E-state index contributed by atoms with van der Waals surface area (Å²) in [6, 6.07) is 19.2. The minimum atomic E-state index is -0.659. The Balaban J connectivity index is 1.56. The number of rotatable bonds is 9. The van der Waals surface area contributed by atoms with E-state index in [1.165, 1.54) is 17.4 Å². The van der Waals surface area contributed by atoms with Gasteiger partial charge in [0.2, 0.25) is 0 Å². The molecule has 0 N–H and O–H groups in total. The van der Waals surface area contributed by atoms with Crippen molar-refractivity contribution in [3.8, 4) is 5.75 Å². The first-order valence-electron chi connectivity index (χ1n) is 13.7. The van der Waals surface area contributed by atoms with Crippen molar-refractivity contribution in [2.75, 3.05) is 6.61 Å². The van der Waals surface area contributed by atoms with Crippen LogP contribution in [0.15, 0.2) is 100 Å². The van der Waals surface area contributed by atoms with E-state index in [2.05, 4.69) is 11.6 Å². The molecule has 1 atom stereocenters. The zero-order valence-corrected chi connectivity index (χ0v) is 24.5. The minimum Gasteiger partial charge on any atom is -0.489 e. The van der Waals surface area contributed by atoms with Crippen LogP contribution in [0.5, 0.6) is 5.75 Å². The Labute approximate surface area is 247 Å². The molecular weight excluding hydrogens is 551 g/mol. The highest BCUT2D eigenvalue weighted by molar-refractivity contribution is 7.07. The summed E-state index contributed by atoms with van der Waals surface area (Å²) in [5.41, 5.74) is 4.62. The first-order chi connectivity index (χ1) is 20.3. The standard InChI is InChI=1S/C34H31FN2O4S/c1-5-9-25-18-23(14-17-28(25)41-20-26-10-7-8-11-27(26)35)19-29-32(38)37-31(24-15-12-21(3)13-16-24)30(33(39)40-6-2)22(4)36-34(37)42-29/h5,7-8,10-19,31H,1,6,9,20H2,2-4H3/b29-19+/t31-/m0/s1. The minimum absolute atomic E-state index is 0.0932. The van der Waals surface area contributed by atoms with Crippen LogP contribution in [0.4, 0.5) is 4.39 Å². The number of aryl methyl sites for hydroxylation is 1. The van der Waals surface area contributed by atoms with E-state index >= 15 is 0 Å². The number of thiazole rings is 1. The lowest BCUT2D eigenvalue weighted by atomic mass is 9.95. The first kappa shape index (κ1) is 29.0. The van der Waals surface area contributed by atoms with E-state index < -0.39 is 12.0 Å². The monoisotopic (exact) mass is 582 g/mol. The molecule has 4 aromatic rings. The van der Waals surface area contributed by atoms with Gasteiger partial charge < -0.3 is 9.47 Å². The number of aromatic nitrogens is 1. The highest BCUT2D eigenvalue weighted by Crippen LogP contribution is 2.31. The molecule has 1 aromatic heterocycles. The molecule has 3 aromatic carbocycles. The number of ether oxygens (including phenoxy) is 2. The third kappa shape index (κ3) is 5.90. The zero-order valence-electron chi connectivity index (χ0n) is 23.7. The number of nitrogens with zero attached hydrogens (tertiary/aromatic N) is 2. The third-order valence-electron chi connectivity index (χ3n) is 7.00. The lowest BCUT2D eigenvalue weighted by molar-refractivity contribution is -0.139. The Bertz CT molecular complexity index is 1870. The van der Waals surface area contributed by atoms with Crippen LogP contribution in [-0.2, 0) is 22.6 Å². The number of carbonyl (C=O) groups is 1. The molecule has 0 radical (unpaired) electrons. The van der Waals surface area contributed by atoms with Crippen LogP contribution in [0.1, 0.15) is 47.7 Å². The highest BCUT2D eigenvalue weighted by Gasteiger charge is 2.33. The van der Waals surface area contributed by atoms with Crippen molar-refractivity contribution in [2.24, 2.45) is 4.99 Å². The van der Waals surface area contributed by atoms with E-state index in [4.69, 9.17) is 9.47 Å². The van der Waals surface area contributed by atoms with E-state index in [0.717, 1.165) is 22.3 Å². The average Bonchev–Trinajstić information content (AvgIpc) is 3.27. The molecule has 42 heavy (non-hydrogen) atoms. The lowest BCUT2D eigenvalue weighted by Crippen LogP contribution is -2.39. The number of allylic oxidation sites excluding steroid dienone is 2. The fourth-order valence-corrected chi connectivity index (χ4v) is 5.97. The summed E-state index contributed by atoms with van der Waals surface area (Å²) in [7, 11) is 0. The van der Waals surface area contributed by atoms with Gasteiger partial charge in [0.25, 0.3) is 5.56 Å². The Hall–Kier alpha value is -4.56.